The summed E-state index contributed by atoms with van der Waals surface area (Å²) >= 11 is 6.34. The molecule has 1 N–H and O–H groups in total. The average Bonchev–Trinajstić information content (AvgIpc) is 2.70. The van der Waals surface area contributed by atoms with E-state index in [1.54, 1.807) is 4.90 Å². The standard InChI is InChI=1S/C23H23ClN2/c24-22-8-4-5-9-23(22)26-16-14-25(15-17-26)18-19-10-12-21(13-11-19)20-6-2-1-3-7-20/h1-13H,14-18H2/p+1. The molecule has 1 heterocycles. The molecule has 3 aromatic rings. The summed E-state index contributed by atoms with van der Waals surface area (Å²) in [5.41, 5.74) is 5.14. The van der Waals surface area contributed by atoms with Gasteiger partial charge in [-0.25, -0.2) is 0 Å². The summed E-state index contributed by atoms with van der Waals surface area (Å²) in [6.07, 6.45) is 0. The van der Waals surface area contributed by atoms with Crippen molar-refractivity contribution in [3.8, 4) is 11.1 Å². The zero-order valence-corrected chi connectivity index (χ0v) is 15.6. The summed E-state index contributed by atoms with van der Waals surface area (Å²) in [5.74, 6) is 0. The first kappa shape index (κ1) is 17.1. The third-order valence-electron chi connectivity index (χ3n) is 5.18. The van der Waals surface area contributed by atoms with Gasteiger partial charge in [0, 0.05) is 5.56 Å². The molecule has 0 saturated carbocycles. The summed E-state index contributed by atoms with van der Waals surface area (Å²) in [5, 5.41) is 0.854. The van der Waals surface area contributed by atoms with Crippen molar-refractivity contribution in [2.24, 2.45) is 0 Å². The molecule has 0 atom stereocenters. The first-order chi connectivity index (χ1) is 12.8. The fourth-order valence-corrected chi connectivity index (χ4v) is 3.94. The number of hydrogen-bond donors (Lipinski definition) is 1. The Morgan fingerprint density at radius 2 is 1.35 bits per heavy atom. The highest BCUT2D eigenvalue weighted by Crippen LogP contribution is 2.25. The van der Waals surface area contributed by atoms with Gasteiger partial charge in [-0.3, -0.25) is 0 Å². The van der Waals surface area contributed by atoms with Crippen LogP contribution in [-0.4, -0.2) is 26.2 Å². The van der Waals surface area contributed by atoms with Crippen LogP contribution in [0.25, 0.3) is 11.1 Å². The summed E-state index contributed by atoms with van der Waals surface area (Å²) in [6.45, 7) is 5.49. The van der Waals surface area contributed by atoms with Gasteiger partial charge in [0.05, 0.1) is 36.9 Å². The Kier molecular flexibility index (Phi) is 5.24. The topological polar surface area (TPSA) is 7.68 Å². The number of nitrogens with zero attached hydrogens (tertiary/aromatic N) is 1. The Hall–Kier alpha value is -2.29. The number of quaternary nitrogens is 1. The average molecular weight is 364 g/mol. The van der Waals surface area contributed by atoms with E-state index in [0.29, 0.717) is 0 Å². The van der Waals surface area contributed by atoms with E-state index < -0.39 is 0 Å². The lowest BCUT2D eigenvalue weighted by molar-refractivity contribution is -0.914. The minimum Gasteiger partial charge on any atom is -0.359 e. The zero-order chi connectivity index (χ0) is 17.8. The van der Waals surface area contributed by atoms with Crippen molar-refractivity contribution >= 4 is 17.3 Å². The highest BCUT2D eigenvalue weighted by Gasteiger charge is 2.21. The van der Waals surface area contributed by atoms with Crippen LogP contribution < -0.4 is 9.80 Å². The van der Waals surface area contributed by atoms with Crippen LogP contribution in [0.5, 0.6) is 0 Å². The van der Waals surface area contributed by atoms with Gasteiger partial charge in [0.15, 0.2) is 0 Å². The summed E-state index contributed by atoms with van der Waals surface area (Å²) < 4.78 is 0. The fraction of sp³-hybridized carbons (Fsp3) is 0.217. The Morgan fingerprint density at radius 3 is 2.04 bits per heavy atom. The van der Waals surface area contributed by atoms with Crippen LogP contribution in [0.3, 0.4) is 0 Å². The number of piperazine rings is 1. The normalized spacial score (nSPS) is 15.2. The van der Waals surface area contributed by atoms with Crippen molar-refractivity contribution in [3.63, 3.8) is 0 Å². The number of benzene rings is 3. The van der Waals surface area contributed by atoms with Crippen molar-refractivity contribution in [3.05, 3.63) is 89.4 Å². The molecule has 0 spiro atoms. The molecular formula is C23H24ClN2+. The predicted octanol–water partition coefficient (Wildman–Crippen LogP) is 3.91. The second-order valence-electron chi connectivity index (χ2n) is 6.93. The minimum absolute atomic E-state index is 0.854. The number of rotatable bonds is 4. The molecule has 1 saturated heterocycles. The maximum Gasteiger partial charge on any atom is 0.103 e. The molecule has 2 nitrogen and oxygen atoms in total. The van der Waals surface area contributed by atoms with Crippen LogP contribution in [0, 0.1) is 0 Å². The summed E-state index contributed by atoms with van der Waals surface area (Å²) in [7, 11) is 0. The highest BCUT2D eigenvalue weighted by atomic mass is 35.5. The van der Waals surface area contributed by atoms with Gasteiger partial charge >= 0.3 is 0 Å². The Labute approximate surface area is 160 Å². The van der Waals surface area contributed by atoms with Gasteiger partial charge in [0.2, 0.25) is 0 Å². The van der Waals surface area contributed by atoms with Crippen LogP contribution in [0.4, 0.5) is 5.69 Å². The summed E-state index contributed by atoms with van der Waals surface area (Å²) in [6, 6.07) is 27.7. The molecule has 4 rings (SSSR count). The molecule has 1 aliphatic rings. The third-order valence-corrected chi connectivity index (χ3v) is 5.50. The van der Waals surface area contributed by atoms with E-state index in [4.69, 9.17) is 11.6 Å². The van der Waals surface area contributed by atoms with Crippen LogP contribution >= 0.6 is 11.6 Å². The lowest BCUT2D eigenvalue weighted by Crippen LogP contribution is -3.13. The Bertz CT molecular complexity index is 838. The van der Waals surface area contributed by atoms with Gasteiger partial charge in [0.1, 0.15) is 6.54 Å². The Balaban J connectivity index is 1.35. The first-order valence-corrected chi connectivity index (χ1v) is 9.65. The van der Waals surface area contributed by atoms with E-state index in [1.165, 1.54) is 22.4 Å². The maximum atomic E-state index is 6.34. The molecule has 0 bridgehead atoms. The van der Waals surface area contributed by atoms with Gasteiger partial charge < -0.3 is 9.80 Å². The summed E-state index contributed by atoms with van der Waals surface area (Å²) in [4.78, 5) is 4.05. The van der Waals surface area contributed by atoms with E-state index in [9.17, 15) is 0 Å². The lowest BCUT2D eigenvalue weighted by Gasteiger charge is -2.34. The lowest BCUT2D eigenvalue weighted by atomic mass is 10.0. The quantitative estimate of drug-likeness (QED) is 0.738. The van der Waals surface area contributed by atoms with Gasteiger partial charge in [0.25, 0.3) is 0 Å². The molecule has 3 aromatic carbocycles. The van der Waals surface area contributed by atoms with Gasteiger partial charge in [-0.15, -0.1) is 0 Å². The monoisotopic (exact) mass is 363 g/mol. The van der Waals surface area contributed by atoms with Crippen LogP contribution in [-0.2, 0) is 6.54 Å². The number of hydrogen-bond acceptors (Lipinski definition) is 1. The van der Waals surface area contributed by atoms with Crippen molar-refractivity contribution in [1.29, 1.82) is 0 Å². The van der Waals surface area contributed by atoms with E-state index in [1.807, 2.05) is 12.1 Å². The van der Waals surface area contributed by atoms with E-state index in [0.717, 1.165) is 37.7 Å². The van der Waals surface area contributed by atoms with E-state index in [-0.39, 0.29) is 0 Å². The maximum absolute atomic E-state index is 6.34. The van der Waals surface area contributed by atoms with Crippen molar-refractivity contribution in [2.75, 3.05) is 31.1 Å². The predicted molar refractivity (Wildman–Crippen MR) is 110 cm³/mol. The molecule has 1 fully saturated rings. The SMILES string of the molecule is Clc1ccccc1N1CC[NH+](Cc2ccc(-c3ccccc3)cc2)CC1. The molecule has 132 valence electrons. The van der Waals surface area contributed by atoms with Gasteiger partial charge in [-0.2, -0.15) is 0 Å². The molecular weight excluding hydrogens is 340 g/mol. The van der Waals surface area contributed by atoms with Crippen molar-refractivity contribution in [2.45, 2.75) is 6.54 Å². The molecule has 0 unspecified atom stereocenters. The minimum atomic E-state index is 0.854. The van der Waals surface area contributed by atoms with Crippen LogP contribution in [0.15, 0.2) is 78.9 Å². The number of anilines is 1. The van der Waals surface area contributed by atoms with E-state index >= 15 is 0 Å². The van der Waals surface area contributed by atoms with Crippen LogP contribution in [0.1, 0.15) is 5.56 Å². The Morgan fingerprint density at radius 1 is 0.731 bits per heavy atom. The van der Waals surface area contributed by atoms with Gasteiger partial charge in [-0.05, 0) is 23.3 Å². The van der Waals surface area contributed by atoms with Crippen LogP contribution in [0.2, 0.25) is 5.02 Å². The highest BCUT2D eigenvalue weighted by molar-refractivity contribution is 6.33. The number of para-hydroxylation sites is 1. The molecule has 0 aromatic heterocycles. The second kappa shape index (κ2) is 7.94. The number of halogens is 1. The molecule has 1 aliphatic heterocycles. The van der Waals surface area contributed by atoms with Crippen molar-refractivity contribution in [1.82, 2.24) is 0 Å². The molecule has 0 radical (unpaired) electrons. The molecule has 26 heavy (non-hydrogen) atoms. The third kappa shape index (κ3) is 3.92. The van der Waals surface area contributed by atoms with Crippen molar-refractivity contribution < 1.29 is 4.90 Å². The second-order valence-corrected chi connectivity index (χ2v) is 7.34. The first-order valence-electron chi connectivity index (χ1n) is 9.27. The molecule has 3 heteroatoms. The van der Waals surface area contributed by atoms with E-state index in [2.05, 4.69) is 71.6 Å². The van der Waals surface area contributed by atoms with Gasteiger partial charge in [-0.1, -0.05) is 78.3 Å². The zero-order valence-electron chi connectivity index (χ0n) is 14.9. The molecule has 0 aliphatic carbocycles. The fourth-order valence-electron chi connectivity index (χ4n) is 3.68. The molecule has 0 amide bonds. The smallest absolute Gasteiger partial charge is 0.103 e. The largest absolute Gasteiger partial charge is 0.359 e. The number of nitrogens with one attached hydrogen (secondary N) is 1.